The molecule has 5 heteroatoms. The van der Waals surface area contributed by atoms with Crippen molar-refractivity contribution in [2.24, 2.45) is 0 Å². The summed E-state index contributed by atoms with van der Waals surface area (Å²) in [5.41, 5.74) is 4.41. The normalized spacial score (nSPS) is 11.7. The fourth-order valence-electron chi connectivity index (χ4n) is 2.97. The molecule has 1 atom stereocenters. The second-order valence-corrected chi connectivity index (χ2v) is 7.39. The Kier molecular flexibility index (Phi) is 4.88. The van der Waals surface area contributed by atoms with Crippen molar-refractivity contribution in [2.75, 3.05) is 0 Å². The third kappa shape index (κ3) is 3.51. The van der Waals surface area contributed by atoms with Crippen LogP contribution in [-0.4, -0.2) is 15.3 Å². The molecule has 2 heterocycles. The number of nitrogens with zero attached hydrogens (tertiary/aromatic N) is 3. The smallest absolute Gasteiger partial charge is 0.186 e. The van der Waals surface area contributed by atoms with Gasteiger partial charge in [-0.2, -0.15) is 5.26 Å². The van der Waals surface area contributed by atoms with Crippen molar-refractivity contribution >= 4 is 17.1 Å². The Morgan fingerprint density at radius 3 is 2.39 bits per heavy atom. The van der Waals surface area contributed by atoms with Crippen LogP contribution in [0.15, 0.2) is 78.4 Å². The van der Waals surface area contributed by atoms with Crippen LogP contribution in [-0.2, 0) is 0 Å². The molecule has 28 heavy (non-hydrogen) atoms. The van der Waals surface area contributed by atoms with Crippen LogP contribution in [0.4, 0.5) is 0 Å². The van der Waals surface area contributed by atoms with E-state index < -0.39 is 5.92 Å². The minimum absolute atomic E-state index is 0.230. The Morgan fingerprint density at radius 2 is 1.75 bits per heavy atom. The lowest BCUT2D eigenvalue weighted by Crippen LogP contribution is -2.11. The van der Waals surface area contributed by atoms with Crippen molar-refractivity contribution in [1.29, 1.82) is 5.26 Å². The van der Waals surface area contributed by atoms with E-state index in [1.807, 2.05) is 77.8 Å². The first-order chi connectivity index (χ1) is 13.7. The first-order valence-electron chi connectivity index (χ1n) is 8.85. The van der Waals surface area contributed by atoms with Gasteiger partial charge in [-0.3, -0.25) is 4.79 Å². The van der Waals surface area contributed by atoms with Crippen molar-refractivity contribution in [3.63, 3.8) is 0 Å². The molecule has 1 unspecified atom stereocenters. The van der Waals surface area contributed by atoms with E-state index >= 15 is 0 Å². The molecule has 0 saturated heterocycles. The Hall–Kier alpha value is -3.49. The van der Waals surface area contributed by atoms with Gasteiger partial charge in [0.1, 0.15) is 5.01 Å². The van der Waals surface area contributed by atoms with E-state index in [9.17, 15) is 10.1 Å². The van der Waals surface area contributed by atoms with Crippen LogP contribution in [0.5, 0.6) is 0 Å². The largest absolute Gasteiger partial charge is 0.324 e. The molecule has 0 saturated carbocycles. The van der Waals surface area contributed by atoms with E-state index in [4.69, 9.17) is 0 Å². The summed E-state index contributed by atoms with van der Waals surface area (Å²) in [6, 6.07) is 21.3. The van der Waals surface area contributed by atoms with Gasteiger partial charge in [0.25, 0.3) is 0 Å². The van der Waals surface area contributed by atoms with Gasteiger partial charge in [-0.1, -0.05) is 29.8 Å². The molecule has 4 nitrogen and oxygen atoms in total. The molecule has 0 aliphatic rings. The Bertz CT molecular complexity index is 1130. The number of aryl methyl sites for hydroxylation is 1. The molecule has 0 bridgehead atoms. The van der Waals surface area contributed by atoms with Gasteiger partial charge in [-0.25, -0.2) is 4.98 Å². The zero-order valence-corrected chi connectivity index (χ0v) is 16.1. The molecule has 0 aliphatic carbocycles. The molecular formula is C23H17N3OS. The molecule has 0 radical (unpaired) electrons. The fourth-order valence-corrected chi connectivity index (χ4v) is 3.84. The van der Waals surface area contributed by atoms with Crippen LogP contribution in [0.1, 0.15) is 26.8 Å². The lowest BCUT2D eigenvalue weighted by atomic mass is 9.99. The first kappa shape index (κ1) is 17.9. The number of thiazole rings is 1. The standard InChI is InChI=1S/C23H17N3OS/c1-16-4-6-17(7-5-16)21-15-28-23(25-21)20(14-24)22(27)18-8-10-19(11-9-18)26-12-2-3-13-26/h2-13,15,20H,1H3. The average Bonchev–Trinajstić information content (AvgIpc) is 3.42. The number of rotatable bonds is 5. The van der Waals surface area contributed by atoms with Crippen molar-refractivity contribution < 1.29 is 4.79 Å². The minimum atomic E-state index is -0.901. The van der Waals surface area contributed by atoms with Gasteiger partial charge in [0.2, 0.25) is 0 Å². The molecule has 0 spiro atoms. The second kappa shape index (κ2) is 7.63. The van der Waals surface area contributed by atoms with Crippen LogP contribution in [0, 0.1) is 18.3 Å². The van der Waals surface area contributed by atoms with Crippen LogP contribution < -0.4 is 0 Å². The predicted octanol–water partition coefficient (Wildman–Crippen LogP) is 5.40. The highest BCUT2D eigenvalue weighted by Gasteiger charge is 2.25. The molecule has 2 aromatic carbocycles. The molecule has 0 amide bonds. The number of Topliss-reactive ketones (excluding diaryl/α,β-unsaturated/α-hetero) is 1. The van der Waals surface area contributed by atoms with Gasteiger partial charge in [0, 0.05) is 34.6 Å². The van der Waals surface area contributed by atoms with Gasteiger partial charge in [0.15, 0.2) is 11.7 Å². The number of ketones is 1. The molecular weight excluding hydrogens is 366 g/mol. The van der Waals surface area contributed by atoms with E-state index in [2.05, 4.69) is 11.1 Å². The van der Waals surface area contributed by atoms with E-state index in [1.165, 1.54) is 16.9 Å². The summed E-state index contributed by atoms with van der Waals surface area (Å²) in [6.07, 6.45) is 3.88. The summed E-state index contributed by atoms with van der Waals surface area (Å²) in [4.78, 5) is 17.5. The Balaban J connectivity index is 1.58. The summed E-state index contributed by atoms with van der Waals surface area (Å²) in [6.45, 7) is 2.03. The lowest BCUT2D eigenvalue weighted by molar-refractivity contribution is 0.0979. The number of carbonyl (C=O) groups excluding carboxylic acids is 1. The molecule has 0 fully saturated rings. The Labute approximate surface area is 167 Å². The van der Waals surface area contributed by atoms with E-state index in [1.54, 1.807) is 12.1 Å². The maximum atomic E-state index is 12.9. The zero-order valence-electron chi connectivity index (χ0n) is 15.2. The van der Waals surface area contributed by atoms with Crippen LogP contribution in [0.2, 0.25) is 0 Å². The quantitative estimate of drug-likeness (QED) is 0.434. The third-order valence-corrected chi connectivity index (χ3v) is 5.47. The molecule has 4 aromatic rings. The van der Waals surface area contributed by atoms with Gasteiger partial charge >= 0.3 is 0 Å². The summed E-state index contributed by atoms with van der Waals surface area (Å²) in [5, 5.41) is 12.0. The fraction of sp³-hybridized carbons (Fsp3) is 0.0870. The first-order valence-corrected chi connectivity index (χ1v) is 9.73. The minimum Gasteiger partial charge on any atom is -0.324 e. The molecule has 0 N–H and O–H groups in total. The highest BCUT2D eigenvalue weighted by atomic mass is 32.1. The van der Waals surface area contributed by atoms with Gasteiger partial charge in [-0.05, 0) is 43.3 Å². The number of nitriles is 1. The summed E-state index contributed by atoms with van der Waals surface area (Å²) >= 11 is 1.35. The van der Waals surface area contributed by atoms with E-state index in [0.717, 1.165) is 16.9 Å². The summed E-state index contributed by atoms with van der Waals surface area (Å²) in [7, 11) is 0. The number of carbonyl (C=O) groups is 1. The van der Waals surface area contributed by atoms with Crippen LogP contribution >= 0.6 is 11.3 Å². The van der Waals surface area contributed by atoms with Crippen molar-refractivity contribution in [2.45, 2.75) is 12.8 Å². The molecule has 4 rings (SSSR count). The SMILES string of the molecule is Cc1ccc(-c2csc(C(C#N)C(=O)c3ccc(-n4cccc4)cc3)n2)cc1. The van der Waals surface area contributed by atoms with Crippen LogP contribution in [0.3, 0.4) is 0 Å². The van der Waals surface area contributed by atoms with Crippen molar-refractivity contribution in [3.05, 3.63) is 94.6 Å². The number of hydrogen-bond donors (Lipinski definition) is 0. The summed E-state index contributed by atoms with van der Waals surface area (Å²) < 4.78 is 1.96. The van der Waals surface area contributed by atoms with E-state index in [0.29, 0.717) is 10.6 Å². The maximum Gasteiger partial charge on any atom is 0.186 e. The van der Waals surface area contributed by atoms with Crippen molar-refractivity contribution in [3.8, 4) is 23.0 Å². The zero-order chi connectivity index (χ0) is 19.5. The van der Waals surface area contributed by atoms with Gasteiger partial charge in [0.05, 0.1) is 11.8 Å². The highest BCUT2D eigenvalue weighted by molar-refractivity contribution is 7.10. The molecule has 2 aromatic heterocycles. The molecule has 0 aliphatic heterocycles. The second-order valence-electron chi connectivity index (χ2n) is 6.50. The number of hydrogen-bond acceptors (Lipinski definition) is 4. The Morgan fingerprint density at radius 1 is 1.07 bits per heavy atom. The third-order valence-electron chi connectivity index (χ3n) is 4.56. The maximum absolute atomic E-state index is 12.9. The van der Waals surface area contributed by atoms with E-state index in [-0.39, 0.29) is 5.78 Å². The monoisotopic (exact) mass is 383 g/mol. The topological polar surface area (TPSA) is 58.7 Å². The highest BCUT2D eigenvalue weighted by Crippen LogP contribution is 2.29. The number of benzene rings is 2. The average molecular weight is 383 g/mol. The number of aromatic nitrogens is 2. The van der Waals surface area contributed by atoms with Crippen molar-refractivity contribution in [1.82, 2.24) is 9.55 Å². The lowest BCUT2D eigenvalue weighted by Gasteiger charge is -2.07. The van der Waals surface area contributed by atoms with Gasteiger partial charge in [-0.15, -0.1) is 11.3 Å². The van der Waals surface area contributed by atoms with Crippen LogP contribution in [0.25, 0.3) is 16.9 Å². The predicted molar refractivity (Wildman–Crippen MR) is 111 cm³/mol. The summed E-state index contributed by atoms with van der Waals surface area (Å²) in [5.74, 6) is -1.13. The molecule has 136 valence electrons. The van der Waals surface area contributed by atoms with Gasteiger partial charge < -0.3 is 4.57 Å².